The van der Waals surface area contributed by atoms with Gasteiger partial charge in [0.1, 0.15) is 5.75 Å². The van der Waals surface area contributed by atoms with E-state index in [0.717, 1.165) is 18.6 Å². The highest BCUT2D eigenvalue weighted by atomic mass is 16.5. The number of rotatable bonds is 6. The van der Waals surface area contributed by atoms with Gasteiger partial charge in [-0.05, 0) is 50.2 Å². The molecule has 1 aliphatic rings. The number of hydrogen-bond donors (Lipinski definition) is 2. The Labute approximate surface area is 115 Å². The molecule has 0 radical (unpaired) electrons. The lowest BCUT2D eigenvalue weighted by molar-refractivity contribution is 0.404. The number of hydrazine groups is 1. The highest BCUT2D eigenvalue weighted by molar-refractivity contribution is 5.34. The van der Waals surface area contributed by atoms with Crippen LogP contribution in [-0.2, 0) is 6.42 Å². The van der Waals surface area contributed by atoms with Crippen LogP contribution in [0.25, 0.3) is 0 Å². The number of methoxy groups -OCH3 is 1. The fraction of sp³-hybridized carbons (Fsp3) is 0.500. The van der Waals surface area contributed by atoms with Crippen LogP contribution in [0.5, 0.6) is 5.75 Å². The minimum Gasteiger partial charge on any atom is -0.496 e. The summed E-state index contributed by atoms with van der Waals surface area (Å²) in [5, 5.41) is 0. The van der Waals surface area contributed by atoms with Crippen LogP contribution in [0.4, 0.5) is 0 Å². The van der Waals surface area contributed by atoms with Crippen molar-refractivity contribution in [1.82, 2.24) is 5.43 Å². The molecule has 1 unspecified atom stereocenters. The maximum atomic E-state index is 5.71. The molecule has 19 heavy (non-hydrogen) atoms. The second-order valence-corrected chi connectivity index (χ2v) is 5.19. The summed E-state index contributed by atoms with van der Waals surface area (Å²) in [5.74, 6) is 6.66. The monoisotopic (exact) mass is 260 g/mol. The van der Waals surface area contributed by atoms with Crippen LogP contribution < -0.4 is 16.0 Å². The van der Waals surface area contributed by atoms with E-state index in [2.05, 4.69) is 17.6 Å². The quantitative estimate of drug-likeness (QED) is 0.469. The van der Waals surface area contributed by atoms with Gasteiger partial charge >= 0.3 is 0 Å². The van der Waals surface area contributed by atoms with Crippen molar-refractivity contribution in [1.29, 1.82) is 0 Å². The molecule has 0 amide bonds. The van der Waals surface area contributed by atoms with Crippen molar-refractivity contribution in [2.45, 2.75) is 44.6 Å². The van der Waals surface area contributed by atoms with Crippen LogP contribution in [0.2, 0.25) is 0 Å². The third-order valence-corrected chi connectivity index (χ3v) is 3.79. The molecule has 1 aliphatic carbocycles. The topological polar surface area (TPSA) is 47.3 Å². The highest BCUT2D eigenvalue weighted by Gasteiger charge is 2.14. The van der Waals surface area contributed by atoms with Crippen LogP contribution in [0.1, 0.15) is 37.7 Å². The zero-order valence-corrected chi connectivity index (χ0v) is 11.7. The first-order valence-corrected chi connectivity index (χ1v) is 7.09. The highest BCUT2D eigenvalue weighted by Crippen LogP contribution is 2.24. The van der Waals surface area contributed by atoms with Gasteiger partial charge in [0.05, 0.1) is 7.11 Å². The molecule has 0 aliphatic heterocycles. The Morgan fingerprint density at radius 2 is 2.11 bits per heavy atom. The average Bonchev–Trinajstić information content (AvgIpc) is 2.48. The Bertz CT molecular complexity index is 429. The molecule has 3 heteroatoms. The molecule has 0 saturated carbocycles. The summed E-state index contributed by atoms with van der Waals surface area (Å²) in [6, 6.07) is 8.43. The number of nitrogens with one attached hydrogen (secondary N) is 1. The van der Waals surface area contributed by atoms with E-state index >= 15 is 0 Å². The van der Waals surface area contributed by atoms with Crippen molar-refractivity contribution in [3.05, 3.63) is 41.5 Å². The summed E-state index contributed by atoms with van der Waals surface area (Å²) in [6.45, 7) is 0. The molecule has 104 valence electrons. The molecular formula is C16H24N2O. The van der Waals surface area contributed by atoms with Gasteiger partial charge in [-0.25, -0.2) is 0 Å². The molecule has 0 bridgehead atoms. The second-order valence-electron chi connectivity index (χ2n) is 5.19. The summed E-state index contributed by atoms with van der Waals surface area (Å²) < 4.78 is 5.40. The second kappa shape index (κ2) is 7.31. The van der Waals surface area contributed by atoms with E-state index in [-0.39, 0.29) is 6.04 Å². The van der Waals surface area contributed by atoms with Gasteiger partial charge in [0.15, 0.2) is 0 Å². The smallest absolute Gasteiger partial charge is 0.122 e. The van der Waals surface area contributed by atoms with E-state index in [1.807, 2.05) is 18.2 Å². The van der Waals surface area contributed by atoms with E-state index < -0.39 is 0 Å². The Hall–Kier alpha value is -1.32. The van der Waals surface area contributed by atoms with Crippen LogP contribution in [-0.4, -0.2) is 13.2 Å². The van der Waals surface area contributed by atoms with Gasteiger partial charge < -0.3 is 4.74 Å². The lowest BCUT2D eigenvalue weighted by Gasteiger charge is -2.21. The van der Waals surface area contributed by atoms with Gasteiger partial charge in [-0.15, -0.1) is 0 Å². The maximum absolute atomic E-state index is 5.71. The van der Waals surface area contributed by atoms with Crippen molar-refractivity contribution >= 4 is 0 Å². The standard InChI is InChI=1S/C16H24N2O/c1-19-16-10-6-5-9-14(16)12-15(18-17)11-13-7-3-2-4-8-13/h5-7,9-10,15,18H,2-4,8,11-12,17H2,1H3. The largest absolute Gasteiger partial charge is 0.496 e. The number of ether oxygens (including phenoxy) is 1. The predicted octanol–water partition coefficient (Wildman–Crippen LogP) is 2.96. The van der Waals surface area contributed by atoms with Crippen LogP contribution in [0, 0.1) is 0 Å². The molecule has 3 nitrogen and oxygen atoms in total. The first-order valence-electron chi connectivity index (χ1n) is 7.09. The van der Waals surface area contributed by atoms with Crippen molar-refractivity contribution < 1.29 is 4.74 Å². The Kier molecular flexibility index (Phi) is 5.43. The summed E-state index contributed by atoms with van der Waals surface area (Å²) in [6.07, 6.45) is 9.42. The molecule has 0 spiro atoms. The van der Waals surface area contributed by atoms with Crippen molar-refractivity contribution in [2.75, 3.05) is 7.11 Å². The number of allylic oxidation sites excluding steroid dienone is 1. The van der Waals surface area contributed by atoms with Gasteiger partial charge in [-0.2, -0.15) is 0 Å². The van der Waals surface area contributed by atoms with Gasteiger partial charge in [-0.1, -0.05) is 29.8 Å². The molecular weight excluding hydrogens is 236 g/mol. The first kappa shape index (κ1) is 14.1. The number of para-hydroxylation sites is 1. The molecule has 0 fully saturated rings. The third-order valence-electron chi connectivity index (χ3n) is 3.79. The molecule has 0 aromatic heterocycles. The van der Waals surface area contributed by atoms with Gasteiger partial charge in [-0.3, -0.25) is 11.3 Å². The van der Waals surface area contributed by atoms with E-state index in [4.69, 9.17) is 10.6 Å². The molecule has 1 atom stereocenters. The lowest BCUT2D eigenvalue weighted by Crippen LogP contribution is -2.37. The normalized spacial score (nSPS) is 16.8. The lowest BCUT2D eigenvalue weighted by atomic mass is 9.92. The van der Waals surface area contributed by atoms with E-state index in [1.165, 1.54) is 31.2 Å². The third kappa shape index (κ3) is 4.08. The summed E-state index contributed by atoms with van der Waals surface area (Å²) >= 11 is 0. The van der Waals surface area contributed by atoms with Crippen LogP contribution in [0.3, 0.4) is 0 Å². The maximum Gasteiger partial charge on any atom is 0.122 e. The zero-order valence-electron chi connectivity index (χ0n) is 11.7. The summed E-state index contributed by atoms with van der Waals surface area (Å²) in [4.78, 5) is 0. The van der Waals surface area contributed by atoms with Crippen LogP contribution in [0.15, 0.2) is 35.9 Å². The number of hydrogen-bond acceptors (Lipinski definition) is 3. The summed E-state index contributed by atoms with van der Waals surface area (Å²) in [5.41, 5.74) is 5.71. The molecule has 2 rings (SSSR count). The Balaban J connectivity index is 2.00. The van der Waals surface area contributed by atoms with Gasteiger partial charge in [0.25, 0.3) is 0 Å². The minimum atomic E-state index is 0.278. The average molecular weight is 260 g/mol. The molecule has 1 aromatic rings. The van der Waals surface area contributed by atoms with E-state index in [1.54, 1.807) is 12.7 Å². The van der Waals surface area contributed by atoms with Crippen LogP contribution >= 0.6 is 0 Å². The molecule has 3 N–H and O–H groups in total. The van der Waals surface area contributed by atoms with Gasteiger partial charge in [0.2, 0.25) is 0 Å². The molecule has 0 heterocycles. The Morgan fingerprint density at radius 1 is 1.26 bits per heavy atom. The molecule has 0 saturated heterocycles. The SMILES string of the molecule is COc1ccccc1CC(CC1=CCCCC1)NN. The fourth-order valence-corrected chi connectivity index (χ4v) is 2.73. The van der Waals surface area contributed by atoms with Crippen molar-refractivity contribution in [3.8, 4) is 5.75 Å². The van der Waals surface area contributed by atoms with Crippen molar-refractivity contribution in [2.24, 2.45) is 5.84 Å². The minimum absolute atomic E-state index is 0.278. The Morgan fingerprint density at radius 3 is 2.79 bits per heavy atom. The zero-order chi connectivity index (χ0) is 13.5. The first-order chi connectivity index (χ1) is 9.33. The molecule has 1 aromatic carbocycles. The van der Waals surface area contributed by atoms with E-state index in [0.29, 0.717) is 0 Å². The fourth-order valence-electron chi connectivity index (χ4n) is 2.73. The van der Waals surface area contributed by atoms with E-state index in [9.17, 15) is 0 Å². The van der Waals surface area contributed by atoms with Gasteiger partial charge in [0, 0.05) is 6.04 Å². The number of nitrogens with two attached hydrogens (primary N) is 1. The predicted molar refractivity (Wildman–Crippen MR) is 79.0 cm³/mol. The van der Waals surface area contributed by atoms with Crippen molar-refractivity contribution in [3.63, 3.8) is 0 Å². The summed E-state index contributed by atoms with van der Waals surface area (Å²) in [7, 11) is 1.72. The number of benzene rings is 1.